The van der Waals surface area contributed by atoms with E-state index in [1.165, 1.54) is 29.0 Å². The standard InChI is InChI=1S/C23H18N4O4S/c28-19-11-10-15(12-20(19)29)13-24-26-21(30)14-32-23-25-18-9-5-4-8-17(18)22(31)27(23)16-6-2-1-3-7-16/h1-13,28-29H,14H2,(H,26,30)/b24-13-. The first-order chi connectivity index (χ1) is 15.5. The highest BCUT2D eigenvalue weighted by Gasteiger charge is 2.14. The largest absolute Gasteiger partial charge is 0.504 e. The van der Waals surface area contributed by atoms with Crippen molar-refractivity contribution < 1.29 is 15.0 Å². The number of rotatable bonds is 6. The van der Waals surface area contributed by atoms with Gasteiger partial charge >= 0.3 is 0 Å². The smallest absolute Gasteiger partial charge is 0.266 e. The van der Waals surface area contributed by atoms with Crippen LogP contribution in [0, 0.1) is 0 Å². The van der Waals surface area contributed by atoms with Crippen molar-refractivity contribution in [2.75, 3.05) is 5.75 Å². The van der Waals surface area contributed by atoms with Crippen LogP contribution in [0.4, 0.5) is 0 Å². The van der Waals surface area contributed by atoms with Gasteiger partial charge in [-0.3, -0.25) is 14.2 Å². The summed E-state index contributed by atoms with van der Waals surface area (Å²) < 4.78 is 1.49. The van der Waals surface area contributed by atoms with E-state index in [2.05, 4.69) is 15.5 Å². The summed E-state index contributed by atoms with van der Waals surface area (Å²) >= 11 is 1.12. The Kier molecular flexibility index (Phi) is 6.18. The summed E-state index contributed by atoms with van der Waals surface area (Å²) in [5.74, 6) is -0.932. The quantitative estimate of drug-likeness (QED) is 0.138. The molecule has 0 saturated carbocycles. The molecule has 9 heteroatoms. The molecule has 0 saturated heterocycles. The maximum Gasteiger partial charge on any atom is 0.266 e. The Morgan fingerprint density at radius 1 is 1.03 bits per heavy atom. The van der Waals surface area contributed by atoms with Crippen LogP contribution in [0.2, 0.25) is 0 Å². The second-order valence-corrected chi connectivity index (χ2v) is 7.66. The van der Waals surface area contributed by atoms with Crippen molar-refractivity contribution >= 4 is 34.8 Å². The average molecular weight is 446 g/mol. The first-order valence-electron chi connectivity index (χ1n) is 9.57. The maximum atomic E-state index is 13.1. The summed E-state index contributed by atoms with van der Waals surface area (Å²) in [5, 5.41) is 23.6. The van der Waals surface area contributed by atoms with E-state index in [-0.39, 0.29) is 22.8 Å². The van der Waals surface area contributed by atoms with Crippen LogP contribution in [-0.2, 0) is 4.79 Å². The SMILES string of the molecule is O=C(CSc1nc2ccccc2c(=O)n1-c1ccccc1)N/N=C\c1ccc(O)c(O)c1. The predicted octanol–water partition coefficient (Wildman–Crippen LogP) is 3.04. The second-order valence-electron chi connectivity index (χ2n) is 6.72. The Bertz CT molecular complexity index is 1370. The van der Waals surface area contributed by atoms with E-state index in [1.807, 2.05) is 18.2 Å². The number of phenols is 2. The lowest BCUT2D eigenvalue weighted by atomic mass is 10.2. The van der Waals surface area contributed by atoms with Crippen LogP contribution < -0.4 is 11.0 Å². The molecule has 0 radical (unpaired) electrons. The molecule has 0 fully saturated rings. The fraction of sp³-hybridized carbons (Fsp3) is 0.0435. The van der Waals surface area contributed by atoms with E-state index in [9.17, 15) is 19.8 Å². The summed E-state index contributed by atoms with van der Waals surface area (Å²) in [7, 11) is 0. The second kappa shape index (κ2) is 9.36. The number of carbonyl (C=O) groups excluding carboxylic acids is 1. The normalized spacial score (nSPS) is 11.1. The third kappa shape index (κ3) is 4.62. The van der Waals surface area contributed by atoms with Crippen LogP contribution >= 0.6 is 11.8 Å². The highest BCUT2D eigenvalue weighted by atomic mass is 32.2. The minimum atomic E-state index is -0.392. The molecule has 1 heterocycles. The van der Waals surface area contributed by atoms with E-state index >= 15 is 0 Å². The predicted molar refractivity (Wildman–Crippen MR) is 124 cm³/mol. The zero-order valence-corrected chi connectivity index (χ0v) is 17.5. The van der Waals surface area contributed by atoms with Crippen molar-refractivity contribution in [2.45, 2.75) is 5.16 Å². The molecule has 3 N–H and O–H groups in total. The van der Waals surface area contributed by atoms with Crippen LogP contribution in [0.3, 0.4) is 0 Å². The molecule has 0 aliphatic rings. The monoisotopic (exact) mass is 446 g/mol. The molecule has 1 aromatic heterocycles. The van der Waals surface area contributed by atoms with Crippen molar-refractivity contribution in [1.29, 1.82) is 0 Å². The molecule has 0 unspecified atom stereocenters. The summed E-state index contributed by atoms with van der Waals surface area (Å²) in [6.07, 6.45) is 1.34. The van der Waals surface area contributed by atoms with Gasteiger partial charge in [0.2, 0.25) is 0 Å². The molecular formula is C23H18N4O4S. The highest BCUT2D eigenvalue weighted by Crippen LogP contribution is 2.24. The molecule has 0 spiro atoms. The first-order valence-corrected chi connectivity index (χ1v) is 10.6. The average Bonchev–Trinajstić information content (AvgIpc) is 2.81. The van der Waals surface area contributed by atoms with Gasteiger partial charge < -0.3 is 10.2 Å². The fourth-order valence-electron chi connectivity index (χ4n) is 2.98. The lowest BCUT2D eigenvalue weighted by Crippen LogP contribution is -2.24. The van der Waals surface area contributed by atoms with Gasteiger partial charge in [0.15, 0.2) is 16.7 Å². The molecule has 4 aromatic rings. The molecule has 0 bridgehead atoms. The number of aromatic hydroxyl groups is 2. The lowest BCUT2D eigenvalue weighted by molar-refractivity contribution is -0.118. The van der Waals surface area contributed by atoms with Crippen LogP contribution in [0.1, 0.15) is 5.56 Å². The Morgan fingerprint density at radius 2 is 1.78 bits per heavy atom. The fourth-order valence-corrected chi connectivity index (χ4v) is 3.78. The number of nitrogens with zero attached hydrogens (tertiary/aromatic N) is 3. The Hall–Kier alpha value is -4.11. The highest BCUT2D eigenvalue weighted by molar-refractivity contribution is 7.99. The Morgan fingerprint density at radius 3 is 2.56 bits per heavy atom. The van der Waals surface area contributed by atoms with E-state index in [4.69, 9.17) is 0 Å². The van der Waals surface area contributed by atoms with Gasteiger partial charge in [0.25, 0.3) is 11.5 Å². The van der Waals surface area contributed by atoms with E-state index < -0.39 is 5.91 Å². The number of phenolic OH excluding ortho intramolecular Hbond substituents is 2. The van der Waals surface area contributed by atoms with Gasteiger partial charge in [0.1, 0.15) is 0 Å². The van der Waals surface area contributed by atoms with E-state index in [1.54, 1.807) is 36.4 Å². The van der Waals surface area contributed by atoms with Crippen molar-refractivity contribution in [3.8, 4) is 17.2 Å². The molecule has 160 valence electrons. The molecule has 0 aliphatic heterocycles. The summed E-state index contributed by atoms with van der Waals surface area (Å²) in [6.45, 7) is 0. The Labute approximate surface area is 186 Å². The number of aromatic nitrogens is 2. The van der Waals surface area contributed by atoms with Crippen LogP contribution in [0.15, 0.2) is 87.8 Å². The number of hydrazone groups is 1. The zero-order valence-electron chi connectivity index (χ0n) is 16.7. The minimum absolute atomic E-state index is 0.0181. The van der Waals surface area contributed by atoms with E-state index in [0.29, 0.717) is 27.3 Å². The molecule has 32 heavy (non-hydrogen) atoms. The number of carbonyl (C=O) groups is 1. The van der Waals surface area contributed by atoms with Gasteiger partial charge in [-0.2, -0.15) is 5.10 Å². The number of nitrogens with one attached hydrogen (secondary N) is 1. The molecule has 0 atom stereocenters. The molecule has 8 nitrogen and oxygen atoms in total. The van der Waals surface area contributed by atoms with Crippen LogP contribution in [-0.4, -0.2) is 37.6 Å². The lowest BCUT2D eigenvalue weighted by Gasteiger charge is -2.12. The summed E-state index contributed by atoms with van der Waals surface area (Å²) in [6, 6.07) is 20.4. The minimum Gasteiger partial charge on any atom is -0.504 e. The topological polar surface area (TPSA) is 117 Å². The van der Waals surface area contributed by atoms with Crippen LogP contribution in [0.5, 0.6) is 11.5 Å². The van der Waals surface area contributed by atoms with Crippen molar-refractivity contribution in [2.24, 2.45) is 5.10 Å². The van der Waals surface area contributed by atoms with Gasteiger partial charge in [-0.1, -0.05) is 42.1 Å². The first kappa shape index (κ1) is 21.1. The maximum absolute atomic E-state index is 13.1. The number of hydrogen-bond donors (Lipinski definition) is 3. The number of thioether (sulfide) groups is 1. The molecule has 4 rings (SSSR count). The summed E-state index contributed by atoms with van der Waals surface area (Å²) in [5.41, 5.74) is 3.90. The molecule has 0 aliphatic carbocycles. The molecule has 3 aromatic carbocycles. The number of para-hydroxylation sites is 2. The van der Waals surface area contributed by atoms with Gasteiger partial charge in [-0.25, -0.2) is 10.4 Å². The van der Waals surface area contributed by atoms with Crippen molar-refractivity contribution in [3.63, 3.8) is 0 Å². The molecular weight excluding hydrogens is 428 g/mol. The van der Waals surface area contributed by atoms with Gasteiger partial charge in [-0.05, 0) is 48.0 Å². The van der Waals surface area contributed by atoms with Gasteiger partial charge in [0.05, 0.1) is 28.6 Å². The number of benzene rings is 3. The zero-order chi connectivity index (χ0) is 22.5. The number of fused-ring (bicyclic) bond motifs is 1. The number of amides is 1. The summed E-state index contributed by atoms with van der Waals surface area (Å²) in [4.78, 5) is 30.0. The molecule has 1 amide bonds. The number of hydrogen-bond acceptors (Lipinski definition) is 7. The van der Waals surface area contributed by atoms with E-state index in [0.717, 1.165) is 11.8 Å². The Balaban J connectivity index is 1.53. The van der Waals surface area contributed by atoms with Gasteiger partial charge in [-0.15, -0.1) is 0 Å². The van der Waals surface area contributed by atoms with Crippen LogP contribution in [0.25, 0.3) is 16.6 Å². The van der Waals surface area contributed by atoms with Crippen molar-refractivity contribution in [1.82, 2.24) is 15.0 Å². The van der Waals surface area contributed by atoms with Crippen molar-refractivity contribution in [3.05, 3.63) is 88.7 Å². The third-order valence-corrected chi connectivity index (χ3v) is 5.43. The third-order valence-electron chi connectivity index (χ3n) is 4.49. The van der Waals surface area contributed by atoms with Gasteiger partial charge in [0, 0.05) is 0 Å².